The van der Waals surface area contributed by atoms with Gasteiger partial charge in [0.05, 0.1) is 0 Å². The molecule has 36 heavy (non-hydrogen) atoms. The molecule has 2 saturated carbocycles. The molecule has 3 aromatic carbocycles. The van der Waals surface area contributed by atoms with Gasteiger partial charge in [0.2, 0.25) is 0 Å². The van der Waals surface area contributed by atoms with Crippen LogP contribution in [0, 0.1) is 6.08 Å². The van der Waals surface area contributed by atoms with Gasteiger partial charge in [0.25, 0.3) is 0 Å². The van der Waals surface area contributed by atoms with Gasteiger partial charge in [-0.05, 0) is 37.5 Å². The Balaban J connectivity index is 0.000000357. The van der Waals surface area contributed by atoms with E-state index in [0.717, 1.165) is 18.3 Å². The largest absolute Gasteiger partial charge is 1.00 e. The van der Waals surface area contributed by atoms with E-state index < -0.39 is 0 Å². The molecule has 0 spiro atoms. The van der Waals surface area contributed by atoms with E-state index in [1.807, 2.05) is 12.2 Å². The summed E-state index contributed by atoms with van der Waals surface area (Å²) in [7, 11) is 0. The SMILES string of the molecule is C[C](C)=[Ti+2].[C-]1=CC=CC1.[Cl-].[Cl-].c1cc2[cH-]c3ccc(C4CCCCC4)cc3c2cc1C1CCCCC1. The first-order valence-corrected chi connectivity index (χ1v) is 14.3. The minimum Gasteiger partial charge on any atom is -1.00 e. The Kier molecular flexibility index (Phi) is 13.9. The summed E-state index contributed by atoms with van der Waals surface area (Å²) in [4.78, 5) is 0. The van der Waals surface area contributed by atoms with E-state index in [1.54, 1.807) is 11.1 Å². The molecule has 2 fully saturated rings. The van der Waals surface area contributed by atoms with E-state index >= 15 is 0 Å². The number of rotatable bonds is 2. The van der Waals surface area contributed by atoms with E-state index in [4.69, 9.17) is 0 Å². The van der Waals surface area contributed by atoms with Crippen molar-refractivity contribution in [1.29, 1.82) is 0 Å². The predicted molar refractivity (Wildman–Crippen MR) is 147 cm³/mol. The summed E-state index contributed by atoms with van der Waals surface area (Å²) in [6.45, 7) is 4.17. The Morgan fingerprint density at radius 2 is 1.19 bits per heavy atom. The summed E-state index contributed by atoms with van der Waals surface area (Å²) in [6.07, 6.45) is 24.1. The minimum atomic E-state index is 0. The summed E-state index contributed by atoms with van der Waals surface area (Å²) < 4.78 is 1.42. The molecule has 3 heteroatoms. The zero-order valence-electron chi connectivity index (χ0n) is 22.0. The molecular weight excluding hydrogens is 515 g/mol. The molecule has 0 aromatic heterocycles. The molecule has 3 aromatic rings. The summed E-state index contributed by atoms with van der Waals surface area (Å²) in [5, 5.41) is 5.84. The van der Waals surface area contributed by atoms with E-state index in [-0.39, 0.29) is 24.8 Å². The third-order valence-electron chi connectivity index (χ3n) is 7.49. The van der Waals surface area contributed by atoms with Crippen LogP contribution >= 0.6 is 0 Å². The molecule has 0 N–H and O–H groups in total. The minimum absolute atomic E-state index is 0. The fraction of sp³-hybridized carbons (Fsp3) is 0.455. The van der Waals surface area contributed by atoms with Crippen LogP contribution in [0.15, 0.2) is 60.7 Å². The molecule has 0 saturated heterocycles. The van der Waals surface area contributed by atoms with Gasteiger partial charge in [0.1, 0.15) is 0 Å². The van der Waals surface area contributed by atoms with E-state index in [2.05, 4.69) is 88.4 Å². The zero-order valence-corrected chi connectivity index (χ0v) is 25.0. The van der Waals surface area contributed by atoms with Crippen LogP contribution in [0.1, 0.15) is 107 Å². The first-order chi connectivity index (χ1) is 16.6. The first-order valence-electron chi connectivity index (χ1n) is 13.5. The molecule has 3 aliphatic rings. The fourth-order valence-electron chi connectivity index (χ4n) is 5.75. The Morgan fingerprint density at radius 1 is 0.750 bits per heavy atom. The maximum Gasteiger partial charge on any atom is -0.0175 e. The maximum absolute atomic E-state index is 2.99. The summed E-state index contributed by atoms with van der Waals surface area (Å²) in [6, 6.07) is 17.0. The average Bonchev–Trinajstić information content (AvgIpc) is 3.56. The van der Waals surface area contributed by atoms with Crippen molar-refractivity contribution in [2.45, 2.75) is 96.3 Å². The molecule has 0 unspecified atom stereocenters. The standard InChI is InChI=1S/C25H29.C5H5.C3H6.2ClH.Ti/c1-3-7-18(8-4-1)20-11-13-22-15-23-14-12-21(17-25(23)24(22)16-20)19-9-5-2-6-10-19;1-2-4-5-3-1;1-3-2;;;/h11-19H,1-10H2;1-3H,4H2;1-2H3;2*1H;/q2*-1;;;;+2/p-2. The monoisotopic (exact) mass is 554 g/mol. The van der Waals surface area contributed by atoms with Crippen LogP contribution in [-0.4, -0.2) is 3.81 Å². The van der Waals surface area contributed by atoms with Crippen LogP contribution in [-0.2, 0) is 20.0 Å². The van der Waals surface area contributed by atoms with Crippen LogP contribution in [0.4, 0.5) is 0 Å². The molecule has 0 bridgehead atoms. The van der Waals surface area contributed by atoms with Crippen molar-refractivity contribution in [1.82, 2.24) is 0 Å². The average molecular weight is 555 g/mol. The van der Waals surface area contributed by atoms with Crippen LogP contribution in [0.3, 0.4) is 0 Å². The molecule has 0 aliphatic heterocycles. The van der Waals surface area contributed by atoms with Crippen LogP contribution in [0.5, 0.6) is 0 Å². The topological polar surface area (TPSA) is 0 Å². The van der Waals surface area contributed by atoms with Crippen molar-refractivity contribution in [3.05, 3.63) is 77.9 Å². The number of hydrogen-bond acceptors (Lipinski definition) is 0. The Hall–Kier alpha value is -1.05. The number of benzene rings is 2. The first kappa shape index (κ1) is 31.2. The van der Waals surface area contributed by atoms with E-state index in [9.17, 15) is 0 Å². The molecule has 6 rings (SSSR count). The molecule has 0 amide bonds. The quantitative estimate of drug-likeness (QED) is 0.333. The Labute approximate surface area is 243 Å². The Bertz CT molecular complexity index is 1050. The predicted octanol–water partition coefficient (Wildman–Crippen LogP) is 3.87. The number of allylic oxidation sites excluding steroid dienone is 4. The van der Waals surface area contributed by atoms with Gasteiger partial charge in [-0.1, -0.05) is 73.9 Å². The number of fused-ring (bicyclic) bond motifs is 3. The molecule has 0 nitrogen and oxygen atoms in total. The van der Waals surface area contributed by atoms with Crippen molar-refractivity contribution in [2.75, 3.05) is 0 Å². The van der Waals surface area contributed by atoms with Gasteiger partial charge in [-0.15, -0.1) is 46.2 Å². The van der Waals surface area contributed by atoms with E-state index in [1.165, 1.54) is 89.6 Å². The molecule has 3 aliphatic carbocycles. The zero-order chi connectivity index (χ0) is 23.8. The van der Waals surface area contributed by atoms with Gasteiger partial charge in [-0.25, -0.2) is 12.2 Å². The third-order valence-corrected chi connectivity index (χ3v) is 7.49. The van der Waals surface area contributed by atoms with Gasteiger partial charge in [0.15, 0.2) is 0 Å². The molecule has 192 valence electrons. The molecule has 0 heterocycles. The van der Waals surface area contributed by atoms with Crippen molar-refractivity contribution < 1.29 is 44.8 Å². The second-order valence-corrected chi connectivity index (χ2v) is 12.1. The molecule has 0 radical (unpaired) electrons. The van der Waals surface area contributed by atoms with Gasteiger partial charge in [-0.3, -0.25) is 6.08 Å². The smallest absolute Gasteiger partial charge is 0.0175 e. The van der Waals surface area contributed by atoms with Crippen molar-refractivity contribution in [2.24, 2.45) is 0 Å². The fourth-order valence-corrected chi connectivity index (χ4v) is 5.75. The normalized spacial score (nSPS) is 17.4. The van der Waals surface area contributed by atoms with Crippen LogP contribution in [0.25, 0.3) is 21.5 Å². The van der Waals surface area contributed by atoms with Gasteiger partial charge in [-0.2, -0.15) is 6.08 Å². The second kappa shape index (κ2) is 16.0. The summed E-state index contributed by atoms with van der Waals surface area (Å²) >= 11 is 2.08. The summed E-state index contributed by atoms with van der Waals surface area (Å²) in [5.41, 5.74) is 3.17. The number of halogens is 2. The Morgan fingerprint density at radius 3 is 1.53 bits per heavy atom. The van der Waals surface area contributed by atoms with Gasteiger partial charge in [0, 0.05) is 0 Å². The van der Waals surface area contributed by atoms with Gasteiger partial charge >= 0.3 is 37.6 Å². The van der Waals surface area contributed by atoms with Crippen molar-refractivity contribution in [3.63, 3.8) is 0 Å². The molecular formula is C33H40Cl2Ti-2. The second-order valence-electron chi connectivity index (χ2n) is 10.5. The van der Waals surface area contributed by atoms with Gasteiger partial charge < -0.3 is 24.8 Å². The van der Waals surface area contributed by atoms with Crippen molar-refractivity contribution in [3.8, 4) is 0 Å². The molecule has 0 atom stereocenters. The van der Waals surface area contributed by atoms with Crippen molar-refractivity contribution >= 4 is 25.4 Å². The van der Waals surface area contributed by atoms with Crippen LogP contribution < -0.4 is 24.8 Å². The third kappa shape index (κ3) is 8.77. The maximum atomic E-state index is 2.99. The summed E-state index contributed by atoms with van der Waals surface area (Å²) in [5.74, 6) is 1.59. The number of hydrogen-bond donors (Lipinski definition) is 0. The van der Waals surface area contributed by atoms with Crippen LogP contribution in [0.2, 0.25) is 0 Å². The van der Waals surface area contributed by atoms with E-state index in [0.29, 0.717) is 0 Å².